The molecule has 19 heavy (non-hydrogen) atoms. The molecular formula is C14H21NO3S. The van der Waals surface area contributed by atoms with Gasteiger partial charge in [-0.3, -0.25) is 9.59 Å². The van der Waals surface area contributed by atoms with Crippen LogP contribution < -0.4 is 5.32 Å². The smallest absolute Gasteiger partial charge is 0.303 e. The summed E-state index contributed by atoms with van der Waals surface area (Å²) < 4.78 is 0. The van der Waals surface area contributed by atoms with Gasteiger partial charge in [-0.2, -0.15) is 0 Å². The monoisotopic (exact) mass is 283 g/mol. The highest BCUT2D eigenvalue weighted by Gasteiger charge is 2.30. The summed E-state index contributed by atoms with van der Waals surface area (Å²) >= 11 is 1.58. The number of hydrogen-bond acceptors (Lipinski definition) is 3. The predicted octanol–water partition coefficient (Wildman–Crippen LogP) is 2.79. The van der Waals surface area contributed by atoms with Crippen molar-refractivity contribution in [1.29, 1.82) is 0 Å². The summed E-state index contributed by atoms with van der Waals surface area (Å²) in [6.45, 7) is 4.43. The van der Waals surface area contributed by atoms with Gasteiger partial charge in [0.2, 0.25) is 5.91 Å². The van der Waals surface area contributed by atoms with Crippen LogP contribution in [-0.2, 0) is 15.0 Å². The maximum absolute atomic E-state index is 12.1. The zero-order valence-electron chi connectivity index (χ0n) is 11.4. The van der Waals surface area contributed by atoms with E-state index < -0.39 is 11.4 Å². The minimum absolute atomic E-state index is 0.0215. The second-order valence-electron chi connectivity index (χ2n) is 5.06. The molecule has 2 N–H and O–H groups in total. The normalized spacial score (nSPS) is 11.3. The van der Waals surface area contributed by atoms with Gasteiger partial charge >= 0.3 is 5.97 Å². The van der Waals surface area contributed by atoms with Crippen LogP contribution in [0.5, 0.6) is 0 Å². The molecule has 0 aliphatic rings. The molecule has 0 aliphatic carbocycles. The van der Waals surface area contributed by atoms with Gasteiger partial charge in [-0.05, 0) is 38.1 Å². The van der Waals surface area contributed by atoms with Gasteiger partial charge in [0.25, 0.3) is 0 Å². The zero-order valence-corrected chi connectivity index (χ0v) is 12.3. The van der Waals surface area contributed by atoms with Crippen LogP contribution >= 0.6 is 11.3 Å². The first kappa shape index (κ1) is 15.7. The van der Waals surface area contributed by atoms with Gasteiger partial charge in [0.1, 0.15) is 0 Å². The molecule has 0 aliphatic heterocycles. The maximum atomic E-state index is 12.1. The highest BCUT2D eigenvalue weighted by molar-refractivity contribution is 7.10. The van der Waals surface area contributed by atoms with Crippen LogP contribution in [0.1, 0.15) is 44.4 Å². The van der Waals surface area contributed by atoms with E-state index in [0.717, 1.165) is 17.7 Å². The number of thiophene rings is 1. The van der Waals surface area contributed by atoms with Gasteiger partial charge in [-0.15, -0.1) is 11.3 Å². The summed E-state index contributed by atoms with van der Waals surface area (Å²) in [7, 11) is 0. The van der Waals surface area contributed by atoms with Gasteiger partial charge < -0.3 is 10.4 Å². The first-order valence-electron chi connectivity index (χ1n) is 6.48. The number of unbranched alkanes of at least 4 members (excludes halogenated alkanes) is 2. The van der Waals surface area contributed by atoms with Crippen molar-refractivity contribution in [2.75, 3.05) is 6.54 Å². The Morgan fingerprint density at radius 1 is 1.32 bits per heavy atom. The second kappa shape index (κ2) is 7.28. The lowest BCUT2D eigenvalue weighted by molar-refractivity contribution is -0.137. The van der Waals surface area contributed by atoms with E-state index in [0.29, 0.717) is 13.0 Å². The van der Waals surface area contributed by atoms with E-state index in [1.807, 2.05) is 31.4 Å². The Morgan fingerprint density at radius 2 is 2.05 bits per heavy atom. The zero-order chi connectivity index (χ0) is 14.3. The van der Waals surface area contributed by atoms with Crippen molar-refractivity contribution < 1.29 is 14.7 Å². The molecule has 1 aromatic heterocycles. The van der Waals surface area contributed by atoms with Crippen LogP contribution in [0.15, 0.2) is 17.5 Å². The van der Waals surface area contributed by atoms with E-state index >= 15 is 0 Å². The topological polar surface area (TPSA) is 66.4 Å². The molecule has 0 radical (unpaired) electrons. The third-order valence-corrected chi connectivity index (χ3v) is 4.25. The van der Waals surface area contributed by atoms with Gasteiger partial charge in [-0.25, -0.2) is 0 Å². The Morgan fingerprint density at radius 3 is 2.63 bits per heavy atom. The van der Waals surface area contributed by atoms with E-state index in [4.69, 9.17) is 5.11 Å². The minimum Gasteiger partial charge on any atom is -0.481 e. The number of nitrogens with one attached hydrogen (secondary N) is 1. The van der Waals surface area contributed by atoms with Crippen LogP contribution in [0.25, 0.3) is 0 Å². The number of carbonyl (C=O) groups excluding carboxylic acids is 1. The minimum atomic E-state index is -0.761. The lowest BCUT2D eigenvalue weighted by atomic mass is 9.90. The summed E-state index contributed by atoms with van der Waals surface area (Å²) in [6, 6.07) is 3.91. The van der Waals surface area contributed by atoms with E-state index in [9.17, 15) is 9.59 Å². The Hall–Kier alpha value is -1.36. The number of carboxylic acids is 1. The predicted molar refractivity (Wildman–Crippen MR) is 76.5 cm³/mol. The number of amides is 1. The Balaban J connectivity index is 2.26. The van der Waals surface area contributed by atoms with Crippen molar-refractivity contribution in [2.24, 2.45) is 0 Å². The largest absolute Gasteiger partial charge is 0.481 e. The molecule has 0 bridgehead atoms. The second-order valence-corrected chi connectivity index (χ2v) is 6.01. The molecule has 5 heteroatoms. The van der Waals surface area contributed by atoms with Crippen LogP contribution in [0.4, 0.5) is 0 Å². The fourth-order valence-corrected chi connectivity index (χ4v) is 2.60. The van der Waals surface area contributed by atoms with E-state index in [-0.39, 0.29) is 12.3 Å². The van der Waals surface area contributed by atoms with Crippen LogP contribution in [-0.4, -0.2) is 23.5 Å². The van der Waals surface area contributed by atoms with Crippen LogP contribution in [0, 0.1) is 0 Å². The maximum Gasteiger partial charge on any atom is 0.303 e. The summed E-state index contributed by atoms with van der Waals surface area (Å²) in [6.07, 6.45) is 2.51. The standard InChI is InChI=1S/C14H21NO3S/c1-14(2,11-7-6-10-19-11)13(18)15-9-5-3-4-8-12(16)17/h6-7,10H,3-5,8-9H2,1-2H3,(H,15,18)(H,16,17). The summed E-state index contributed by atoms with van der Waals surface area (Å²) in [4.78, 5) is 23.5. The first-order valence-corrected chi connectivity index (χ1v) is 7.36. The molecule has 106 valence electrons. The molecule has 1 heterocycles. The van der Waals surface area contributed by atoms with Crippen molar-refractivity contribution in [3.8, 4) is 0 Å². The number of hydrogen-bond donors (Lipinski definition) is 2. The summed E-state index contributed by atoms with van der Waals surface area (Å²) in [5.74, 6) is -0.740. The number of aliphatic carboxylic acids is 1. The van der Waals surface area contributed by atoms with Crippen LogP contribution in [0.2, 0.25) is 0 Å². The van der Waals surface area contributed by atoms with E-state index in [1.54, 1.807) is 11.3 Å². The Bertz CT molecular complexity index is 412. The highest BCUT2D eigenvalue weighted by atomic mass is 32.1. The van der Waals surface area contributed by atoms with Gasteiger partial charge in [-0.1, -0.05) is 12.5 Å². The average Bonchev–Trinajstić information content (AvgIpc) is 2.87. The number of rotatable bonds is 8. The van der Waals surface area contributed by atoms with Gasteiger partial charge in [0.15, 0.2) is 0 Å². The van der Waals surface area contributed by atoms with E-state index in [1.165, 1.54) is 0 Å². The first-order chi connectivity index (χ1) is 8.94. The molecule has 1 rings (SSSR count). The molecule has 0 unspecified atom stereocenters. The van der Waals surface area contributed by atoms with Crippen molar-refractivity contribution in [2.45, 2.75) is 44.9 Å². The number of carbonyl (C=O) groups is 2. The van der Waals surface area contributed by atoms with Crippen LogP contribution in [0.3, 0.4) is 0 Å². The summed E-state index contributed by atoms with van der Waals surface area (Å²) in [5, 5.41) is 13.4. The molecule has 1 amide bonds. The van der Waals surface area contributed by atoms with Crippen molar-refractivity contribution in [3.63, 3.8) is 0 Å². The lowest BCUT2D eigenvalue weighted by Crippen LogP contribution is -2.39. The third kappa shape index (κ3) is 5.03. The SMILES string of the molecule is CC(C)(C(=O)NCCCCCC(=O)O)c1cccs1. The summed E-state index contributed by atoms with van der Waals surface area (Å²) in [5.41, 5.74) is -0.505. The van der Waals surface area contributed by atoms with Crippen molar-refractivity contribution in [3.05, 3.63) is 22.4 Å². The third-order valence-electron chi connectivity index (χ3n) is 3.06. The molecule has 0 spiro atoms. The van der Waals surface area contributed by atoms with Crippen molar-refractivity contribution in [1.82, 2.24) is 5.32 Å². The average molecular weight is 283 g/mol. The molecule has 4 nitrogen and oxygen atoms in total. The Labute approximate surface area is 117 Å². The number of carboxylic acid groups (broad SMARTS) is 1. The van der Waals surface area contributed by atoms with Gasteiger partial charge in [0, 0.05) is 17.8 Å². The molecule has 1 aromatic rings. The molecule has 0 saturated carbocycles. The molecular weight excluding hydrogens is 262 g/mol. The molecule has 0 fully saturated rings. The molecule has 0 atom stereocenters. The highest BCUT2D eigenvalue weighted by Crippen LogP contribution is 2.27. The molecule has 0 saturated heterocycles. The van der Waals surface area contributed by atoms with Crippen molar-refractivity contribution >= 4 is 23.2 Å². The Kier molecular flexibility index (Phi) is 6.02. The quantitative estimate of drug-likeness (QED) is 0.721. The lowest BCUT2D eigenvalue weighted by Gasteiger charge is -2.22. The van der Waals surface area contributed by atoms with Gasteiger partial charge in [0.05, 0.1) is 5.41 Å². The molecule has 0 aromatic carbocycles. The fourth-order valence-electron chi connectivity index (χ4n) is 1.75. The fraction of sp³-hybridized carbons (Fsp3) is 0.571. The van der Waals surface area contributed by atoms with E-state index in [2.05, 4.69) is 5.32 Å².